The van der Waals surface area contributed by atoms with Crippen molar-refractivity contribution in [3.63, 3.8) is 0 Å². The molecule has 0 fully saturated rings. The van der Waals surface area contributed by atoms with Crippen LogP contribution in [0.3, 0.4) is 0 Å². The van der Waals surface area contributed by atoms with E-state index >= 15 is 0 Å². The molecule has 25 heavy (non-hydrogen) atoms. The van der Waals surface area contributed by atoms with E-state index in [0.29, 0.717) is 29.3 Å². The number of carbonyl (C=O) groups excluding carboxylic acids is 1. The van der Waals surface area contributed by atoms with Gasteiger partial charge in [0.1, 0.15) is 6.07 Å². The van der Waals surface area contributed by atoms with Gasteiger partial charge in [-0.3, -0.25) is 9.78 Å². The van der Waals surface area contributed by atoms with Crippen LogP contribution >= 0.6 is 0 Å². The van der Waals surface area contributed by atoms with Crippen molar-refractivity contribution >= 4 is 17.5 Å². The Labute approximate surface area is 144 Å². The van der Waals surface area contributed by atoms with Crippen molar-refractivity contribution in [3.8, 4) is 6.07 Å². The normalized spacial score (nSPS) is 9.88. The molecule has 0 spiro atoms. The van der Waals surface area contributed by atoms with Gasteiger partial charge in [0, 0.05) is 31.3 Å². The lowest BCUT2D eigenvalue weighted by molar-refractivity contribution is 0.102. The highest BCUT2D eigenvalue weighted by Gasteiger charge is 2.10. The quantitative estimate of drug-likeness (QED) is 0.745. The SMILES string of the molecule is N#Cc1ccccc1NC(=O)c1cnc(NCc2ccncc2)nc1. The van der Waals surface area contributed by atoms with Crippen molar-refractivity contribution in [1.29, 1.82) is 5.26 Å². The number of aromatic nitrogens is 3. The number of para-hydroxylation sites is 1. The van der Waals surface area contributed by atoms with Crippen molar-refractivity contribution in [2.45, 2.75) is 6.54 Å². The minimum atomic E-state index is -0.372. The summed E-state index contributed by atoms with van der Waals surface area (Å²) in [7, 11) is 0. The number of hydrogen-bond donors (Lipinski definition) is 2. The van der Waals surface area contributed by atoms with Gasteiger partial charge >= 0.3 is 0 Å². The monoisotopic (exact) mass is 330 g/mol. The van der Waals surface area contributed by atoms with Crippen LogP contribution in [0.2, 0.25) is 0 Å². The van der Waals surface area contributed by atoms with Crippen LogP contribution in [0.15, 0.2) is 61.2 Å². The summed E-state index contributed by atoms with van der Waals surface area (Å²) in [6, 6.07) is 12.6. The van der Waals surface area contributed by atoms with Gasteiger partial charge in [-0.25, -0.2) is 9.97 Å². The Balaban J connectivity index is 1.63. The van der Waals surface area contributed by atoms with Crippen LogP contribution in [0, 0.1) is 11.3 Å². The summed E-state index contributed by atoms with van der Waals surface area (Å²) >= 11 is 0. The minimum Gasteiger partial charge on any atom is -0.350 e. The van der Waals surface area contributed by atoms with Gasteiger partial charge in [-0.05, 0) is 29.8 Å². The summed E-state index contributed by atoms with van der Waals surface area (Å²) in [5.74, 6) is 0.0502. The fourth-order valence-corrected chi connectivity index (χ4v) is 2.10. The molecule has 0 saturated heterocycles. The Morgan fingerprint density at radius 3 is 2.52 bits per heavy atom. The molecule has 0 aliphatic heterocycles. The molecular weight excluding hydrogens is 316 g/mol. The third-order valence-electron chi connectivity index (χ3n) is 3.41. The van der Waals surface area contributed by atoms with Crippen molar-refractivity contribution in [2.75, 3.05) is 10.6 Å². The van der Waals surface area contributed by atoms with Crippen molar-refractivity contribution < 1.29 is 4.79 Å². The van der Waals surface area contributed by atoms with E-state index < -0.39 is 0 Å². The Morgan fingerprint density at radius 2 is 1.80 bits per heavy atom. The second kappa shape index (κ2) is 7.66. The van der Waals surface area contributed by atoms with Gasteiger partial charge < -0.3 is 10.6 Å². The van der Waals surface area contributed by atoms with Crippen LogP contribution < -0.4 is 10.6 Å². The molecule has 0 unspecified atom stereocenters. The summed E-state index contributed by atoms with van der Waals surface area (Å²) in [4.78, 5) is 24.5. The zero-order valence-corrected chi connectivity index (χ0v) is 13.2. The number of hydrogen-bond acceptors (Lipinski definition) is 6. The van der Waals surface area contributed by atoms with Crippen molar-refractivity contribution in [3.05, 3.63) is 77.9 Å². The molecule has 1 amide bonds. The average molecular weight is 330 g/mol. The second-order valence-corrected chi connectivity index (χ2v) is 5.12. The van der Waals surface area contributed by atoms with Crippen molar-refractivity contribution in [1.82, 2.24) is 15.0 Å². The standard InChI is InChI=1S/C18H14N6O/c19-9-14-3-1-2-4-16(14)24-17(25)15-11-22-18(23-12-15)21-10-13-5-7-20-8-6-13/h1-8,11-12H,10H2,(H,24,25)(H,21,22,23). The molecule has 0 aliphatic rings. The van der Waals surface area contributed by atoms with Gasteiger partial charge in [0.25, 0.3) is 5.91 Å². The molecule has 3 rings (SSSR count). The van der Waals surface area contributed by atoms with Crippen LogP contribution in [0.5, 0.6) is 0 Å². The lowest BCUT2D eigenvalue weighted by atomic mass is 10.2. The third-order valence-corrected chi connectivity index (χ3v) is 3.41. The molecule has 2 heterocycles. The van der Waals surface area contributed by atoms with Gasteiger partial charge in [0.05, 0.1) is 16.8 Å². The summed E-state index contributed by atoms with van der Waals surface area (Å²) in [5, 5.41) is 14.8. The zero-order valence-electron chi connectivity index (χ0n) is 13.2. The molecule has 2 aromatic heterocycles. The molecule has 0 aliphatic carbocycles. The van der Waals surface area contributed by atoms with Gasteiger partial charge in [0.15, 0.2) is 0 Å². The van der Waals surface area contributed by atoms with Crippen LogP contribution in [0.25, 0.3) is 0 Å². The van der Waals surface area contributed by atoms with E-state index in [1.165, 1.54) is 12.4 Å². The van der Waals surface area contributed by atoms with Gasteiger partial charge in [-0.1, -0.05) is 12.1 Å². The molecule has 0 saturated carbocycles. The van der Waals surface area contributed by atoms with Gasteiger partial charge in [0.2, 0.25) is 5.95 Å². The number of carbonyl (C=O) groups is 1. The van der Waals surface area contributed by atoms with E-state index in [-0.39, 0.29) is 5.91 Å². The van der Waals surface area contributed by atoms with E-state index in [1.54, 1.807) is 36.7 Å². The number of anilines is 2. The van der Waals surface area contributed by atoms with Crippen LogP contribution in [0.4, 0.5) is 11.6 Å². The predicted molar refractivity (Wildman–Crippen MR) is 92.7 cm³/mol. The van der Waals surface area contributed by atoms with E-state index in [4.69, 9.17) is 5.26 Å². The Hall–Kier alpha value is -3.79. The van der Waals surface area contributed by atoms with E-state index in [2.05, 4.69) is 25.6 Å². The first-order chi connectivity index (χ1) is 12.3. The van der Waals surface area contributed by atoms with E-state index in [9.17, 15) is 4.79 Å². The lowest BCUT2D eigenvalue weighted by Crippen LogP contribution is -2.14. The van der Waals surface area contributed by atoms with E-state index in [1.807, 2.05) is 18.2 Å². The first-order valence-electron chi connectivity index (χ1n) is 7.51. The second-order valence-electron chi connectivity index (χ2n) is 5.12. The Kier molecular flexibility index (Phi) is 4.93. The summed E-state index contributed by atoms with van der Waals surface area (Å²) < 4.78 is 0. The number of pyridine rings is 1. The van der Waals surface area contributed by atoms with Crippen LogP contribution in [-0.2, 0) is 6.54 Å². The van der Waals surface area contributed by atoms with Crippen LogP contribution in [0.1, 0.15) is 21.5 Å². The number of benzene rings is 1. The number of amides is 1. The Morgan fingerprint density at radius 1 is 1.08 bits per heavy atom. The molecule has 122 valence electrons. The fraction of sp³-hybridized carbons (Fsp3) is 0.0556. The maximum absolute atomic E-state index is 12.2. The number of rotatable bonds is 5. The first kappa shape index (κ1) is 16.1. The molecule has 7 heteroatoms. The molecular formula is C18H14N6O. The van der Waals surface area contributed by atoms with Crippen molar-refractivity contribution in [2.24, 2.45) is 0 Å². The highest BCUT2D eigenvalue weighted by atomic mass is 16.1. The Bertz CT molecular complexity index is 903. The molecule has 1 aromatic carbocycles. The fourth-order valence-electron chi connectivity index (χ4n) is 2.10. The summed E-state index contributed by atoms with van der Waals surface area (Å²) in [6.07, 6.45) is 6.30. The summed E-state index contributed by atoms with van der Waals surface area (Å²) in [5.41, 5.74) is 2.21. The largest absolute Gasteiger partial charge is 0.350 e. The molecule has 0 radical (unpaired) electrons. The number of nitriles is 1. The highest BCUT2D eigenvalue weighted by Crippen LogP contribution is 2.15. The smallest absolute Gasteiger partial charge is 0.258 e. The molecule has 2 N–H and O–H groups in total. The number of nitrogens with one attached hydrogen (secondary N) is 2. The maximum atomic E-state index is 12.2. The minimum absolute atomic E-state index is 0.308. The topological polar surface area (TPSA) is 104 Å². The van der Waals surface area contributed by atoms with E-state index in [0.717, 1.165) is 5.56 Å². The highest BCUT2D eigenvalue weighted by molar-refractivity contribution is 6.04. The molecule has 0 atom stereocenters. The lowest BCUT2D eigenvalue weighted by Gasteiger charge is -2.07. The van der Waals surface area contributed by atoms with Gasteiger partial charge in [-0.2, -0.15) is 5.26 Å². The van der Waals surface area contributed by atoms with Gasteiger partial charge in [-0.15, -0.1) is 0 Å². The summed E-state index contributed by atoms with van der Waals surface area (Å²) in [6.45, 7) is 0.559. The molecule has 0 bridgehead atoms. The molecule has 3 aromatic rings. The maximum Gasteiger partial charge on any atom is 0.258 e. The zero-order chi connectivity index (χ0) is 17.5. The molecule has 7 nitrogen and oxygen atoms in total. The van der Waals surface area contributed by atoms with Crippen LogP contribution in [-0.4, -0.2) is 20.9 Å². The third kappa shape index (κ3) is 4.14. The first-order valence-corrected chi connectivity index (χ1v) is 7.51. The average Bonchev–Trinajstić information content (AvgIpc) is 2.68. The predicted octanol–water partition coefficient (Wildman–Crippen LogP) is 2.61. The number of nitrogens with zero attached hydrogens (tertiary/aromatic N) is 4.